The fourth-order valence-corrected chi connectivity index (χ4v) is 0.849. The standard InChI is InChI=1S/C8H5O.Li/c1-2-4-8-6-9-5-7(8)3-1;/h1-5H;/q-1;+1. The van der Waals surface area contributed by atoms with Gasteiger partial charge in [-0.05, 0) is 6.26 Å². The third kappa shape index (κ3) is 1.11. The van der Waals surface area contributed by atoms with Crippen LogP contribution >= 0.6 is 0 Å². The van der Waals surface area contributed by atoms with Crippen molar-refractivity contribution in [3.05, 3.63) is 36.8 Å². The summed E-state index contributed by atoms with van der Waals surface area (Å²) in [5, 5.41) is 2.15. The van der Waals surface area contributed by atoms with Crippen molar-refractivity contribution >= 4 is 10.8 Å². The maximum Gasteiger partial charge on any atom is 1.00 e. The molecule has 0 saturated carbocycles. The summed E-state index contributed by atoms with van der Waals surface area (Å²) in [6.07, 6.45) is 4.43. The predicted octanol–water partition coefficient (Wildman–Crippen LogP) is -0.763. The summed E-state index contributed by atoms with van der Waals surface area (Å²) < 4.78 is 4.84. The third-order valence-electron chi connectivity index (χ3n) is 1.32. The van der Waals surface area contributed by atoms with E-state index in [1.165, 1.54) is 0 Å². The van der Waals surface area contributed by atoms with Crippen molar-refractivity contribution < 1.29 is 23.3 Å². The number of rotatable bonds is 0. The van der Waals surface area contributed by atoms with Gasteiger partial charge in [0.1, 0.15) is 0 Å². The molecule has 0 spiro atoms. The van der Waals surface area contributed by atoms with E-state index in [9.17, 15) is 0 Å². The van der Waals surface area contributed by atoms with Crippen molar-refractivity contribution in [2.75, 3.05) is 0 Å². The molecule has 1 heterocycles. The first-order valence-corrected chi connectivity index (χ1v) is 2.81. The molecule has 1 aromatic heterocycles. The summed E-state index contributed by atoms with van der Waals surface area (Å²) in [7, 11) is 0. The quantitative estimate of drug-likeness (QED) is 0.332. The van der Waals surface area contributed by atoms with E-state index in [0.717, 1.165) is 10.8 Å². The van der Waals surface area contributed by atoms with E-state index >= 15 is 0 Å². The molecule has 0 fully saturated rings. The molecule has 0 unspecified atom stereocenters. The molecular formula is C8H5LiO. The molecule has 2 aromatic rings. The second-order valence-corrected chi connectivity index (χ2v) is 1.93. The Morgan fingerprint density at radius 3 is 2.80 bits per heavy atom. The smallest absolute Gasteiger partial charge is 0.565 e. The Bertz CT molecular complexity index is 283. The Morgan fingerprint density at radius 2 is 2.00 bits per heavy atom. The molecule has 1 aromatic carbocycles. The van der Waals surface area contributed by atoms with Crippen LogP contribution in [0.5, 0.6) is 0 Å². The van der Waals surface area contributed by atoms with Crippen molar-refractivity contribution in [1.29, 1.82) is 0 Å². The van der Waals surface area contributed by atoms with Crippen LogP contribution in [0.25, 0.3) is 10.8 Å². The van der Waals surface area contributed by atoms with E-state index in [1.54, 1.807) is 6.26 Å². The molecule has 2 heteroatoms. The first kappa shape index (κ1) is 7.46. The fourth-order valence-electron chi connectivity index (χ4n) is 0.849. The van der Waals surface area contributed by atoms with Crippen LogP contribution < -0.4 is 18.9 Å². The second kappa shape index (κ2) is 2.96. The average Bonchev–Trinajstić information content (AvgIpc) is 2.33. The fraction of sp³-hybridized carbons (Fsp3) is 0. The van der Waals surface area contributed by atoms with Gasteiger partial charge in [-0.3, -0.25) is 0 Å². The van der Waals surface area contributed by atoms with Crippen molar-refractivity contribution in [2.24, 2.45) is 0 Å². The first-order chi connectivity index (χ1) is 4.47. The zero-order chi connectivity index (χ0) is 6.10. The van der Waals surface area contributed by atoms with Crippen molar-refractivity contribution in [3.8, 4) is 0 Å². The molecule has 0 aliphatic rings. The Morgan fingerprint density at radius 1 is 1.20 bits per heavy atom. The molecule has 0 atom stereocenters. The topological polar surface area (TPSA) is 13.1 Å². The van der Waals surface area contributed by atoms with Crippen LogP contribution in [0.2, 0.25) is 0 Å². The zero-order valence-electron chi connectivity index (χ0n) is 5.79. The van der Waals surface area contributed by atoms with Crippen LogP contribution in [-0.2, 0) is 0 Å². The molecule has 0 N–H and O–H groups in total. The molecule has 0 bridgehead atoms. The molecule has 0 aliphatic heterocycles. The molecule has 0 amide bonds. The Labute approximate surface area is 71.2 Å². The van der Waals surface area contributed by atoms with Crippen LogP contribution in [0, 0.1) is 6.26 Å². The first-order valence-electron chi connectivity index (χ1n) is 2.81. The largest absolute Gasteiger partial charge is 1.00 e. The number of fused-ring (bicyclic) bond motifs is 1. The minimum Gasteiger partial charge on any atom is -0.565 e. The van der Waals surface area contributed by atoms with Crippen molar-refractivity contribution in [2.45, 2.75) is 0 Å². The summed E-state index contributed by atoms with van der Waals surface area (Å²) in [5.74, 6) is 0. The number of furan rings is 1. The van der Waals surface area contributed by atoms with Crippen molar-refractivity contribution in [3.63, 3.8) is 0 Å². The Hall–Kier alpha value is -0.643. The minimum absolute atomic E-state index is 0. The van der Waals surface area contributed by atoms with Gasteiger partial charge >= 0.3 is 18.9 Å². The van der Waals surface area contributed by atoms with Gasteiger partial charge in [-0.15, -0.1) is 29.0 Å². The van der Waals surface area contributed by atoms with Gasteiger partial charge in [0.25, 0.3) is 0 Å². The maximum atomic E-state index is 4.84. The zero-order valence-corrected chi connectivity index (χ0v) is 5.79. The molecule has 44 valence electrons. The molecule has 2 rings (SSSR count). The summed E-state index contributed by atoms with van der Waals surface area (Å²) >= 11 is 0. The van der Waals surface area contributed by atoms with Gasteiger partial charge in [0.2, 0.25) is 0 Å². The summed E-state index contributed by atoms with van der Waals surface area (Å²) in [6.45, 7) is 0. The van der Waals surface area contributed by atoms with Crippen LogP contribution in [0.4, 0.5) is 0 Å². The second-order valence-electron chi connectivity index (χ2n) is 1.93. The van der Waals surface area contributed by atoms with E-state index in [0.29, 0.717) is 0 Å². The van der Waals surface area contributed by atoms with E-state index in [1.807, 2.05) is 24.3 Å². The van der Waals surface area contributed by atoms with Crippen molar-refractivity contribution in [1.82, 2.24) is 0 Å². The van der Waals surface area contributed by atoms with E-state index < -0.39 is 0 Å². The van der Waals surface area contributed by atoms with Gasteiger partial charge in [0.05, 0.1) is 0 Å². The Balaban J connectivity index is 0.000000500. The monoisotopic (exact) mass is 124 g/mol. The van der Waals surface area contributed by atoms with Gasteiger partial charge in [0, 0.05) is 6.26 Å². The molecule has 0 radical (unpaired) electrons. The van der Waals surface area contributed by atoms with E-state index in [4.69, 9.17) is 4.42 Å². The van der Waals surface area contributed by atoms with Gasteiger partial charge in [-0.1, -0.05) is 6.07 Å². The molecule has 0 saturated heterocycles. The number of benzene rings is 1. The molecule has 1 nitrogen and oxygen atoms in total. The number of hydrogen-bond acceptors (Lipinski definition) is 1. The third-order valence-corrected chi connectivity index (χ3v) is 1.32. The maximum absolute atomic E-state index is 4.84. The molecule has 0 aliphatic carbocycles. The van der Waals surface area contributed by atoms with Crippen LogP contribution in [-0.4, -0.2) is 0 Å². The van der Waals surface area contributed by atoms with Gasteiger partial charge in [-0.2, -0.15) is 0 Å². The van der Waals surface area contributed by atoms with Crippen LogP contribution in [0.3, 0.4) is 0 Å². The molecule has 10 heavy (non-hydrogen) atoms. The van der Waals surface area contributed by atoms with Gasteiger partial charge in [-0.25, -0.2) is 0 Å². The predicted molar refractivity (Wildman–Crippen MR) is 35.1 cm³/mol. The van der Waals surface area contributed by atoms with Gasteiger partial charge in [0.15, 0.2) is 0 Å². The summed E-state index contributed by atoms with van der Waals surface area (Å²) in [5.41, 5.74) is 0. The van der Waals surface area contributed by atoms with E-state index in [2.05, 4.69) is 6.26 Å². The van der Waals surface area contributed by atoms with Gasteiger partial charge < -0.3 is 4.42 Å². The number of hydrogen-bond donors (Lipinski definition) is 0. The van der Waals surface area contributed by atoms with E-state index in [-0.39, 0.29) is 18.9 Å². The summed E-state index contributed by atoms with van der Waals surface area (Å²) in [6, 6.07) is 7.91. The SMILES string of the molecule is [Li+].[c-]1occ2ccccc12. The Kier molecular flexibility index (Phi) is 2.21. The van der Waals surface area contributed by atoms with Crippen LogP contribution in [0.1, 0.15) is 0 Å². The van der Waals surface area contributed by atoms with Crippen LogP contribution in [0.15, 0.2) is 34.9 Å². The normalized spacial score (nSPS) is 9.20. The molecular weight excluding hydrogens is 119 g/mol. The minimum atomic E-state index is 0. The summed E-state index contributed by atoms with van der Waals surface area (Å²) in [4.78, 5) is 0. The average molecular weight is 124 g/mol.